The molecule has 0 unspecified atom stereocenters. The van der Waals surface area contributed by atoms with Crippen LogP contribution < -0.4 is 5.63 Å². The summed E-state index contributed by atoms with van der Waals surface area (Å²) in [6.45, 7) is 3.33. The summed E-state index contributed by atoms with van der Waals surface area (Å²) in [5.41, 5.74) is 4.03. The van der Waals surface area contributed by atoms with E-state index in [4.69, 9.17) is 13.7 Å². The first-order chi connectivity index (χ1) is 12.0. The van der Waals surface area contributed by atoms with Crippen LogP contribution in [0.1, 0.15) is 44.9 Å². The summed E-state index contributed by atoms with van der Waals surface area (Å²) in [6, 6.07) is 5.35. The highest BCUT2D eigenvalue weighted by molar-refractivity contribution is 5.91. The van der Waals surface area contributed by atoms with Gasteiger partial charge in [-0.05, 0) is 56.4 Å². The van der Waals surface area contributed by atoms with Crippen LogP contribution in [0.5, 0.6) is 0 Å². The molecule has 0 radical (unpaired) electrons. The van der Waals surface area contributed by atoms with Gasteiger partial charge in [0.25, 0.3) is 0 Å². The Kier molecular flexibility index (Phi) is 3.67. The van der Waals surface area contributed by atoms with Gasteiger partial charge in [0, 0.05) is 17.0 Å². The van der Waals surface area contributed by atoms with Gasteiger partial charge in [-0.2, -0.15) is 0 Å². The second kappa shape index (κ2) is 5.88. The highest BCUT2D eigenvalue weighted by Crippen LogP contribution is 2.29. The molecular formula is C19H17NO5. The van der Waals surface area contributed by atoms with Crippen LogP contribution in [0.25, 0.3) is 11.0 Å². The number of carbonyl (C=O) groups excluding carboxylic acids is 1. The first-order valence-electron chi connectivity index (χ1n) is 8.21. The lowest BCUT2D eigenvalue weighted by Crippen LogP contribution is -2.09. The Bertz CT molecular complexity index is 1020. The maximum Gasteiger partial charge on any atom is 0.344 e. The minimum Gasteiger partial charge on any atom is -0.457 e. The van der Waals surface area contributed by atoms with Crippen LogP contribution in [0.15, 0.2) is 31.9 Å². The lowest BCUT2D eigenvalue weighted by Gasteiger charge is -2.09. The number of hydrogen-bond donors (Lipinski definition) is 0. The maximum absolute atomic E-state index is 12.3. The minimum atomic E-state index is -0.515. The van der Waals surface area contributed by atoms with Crippen LogP contribution in [0.3, 0.4) is 0 Å². The number of carbonyl (C=O) groups is 1. The van der Waals surface area contributed by atoms with Crippen LogP contribution in [-0.2, 0) is 24.2 Å². The molecule has 0 saturated heterocycles. The van der Waals surface area contributed by atoms with E-state index in [9.17, 15) is 9.59 Å². The van der Waals surface area contributed by atoms with Crippen molar-refractivity contribution < 1.29 is 18.5 Å². The van der Waals surface area contributed by atoms with Crippen molar-refractivity contribution in [2.75, 3.05) is 0 Å². The monoisotopic (exact) mass is 339 g/mol. The zero-order valence-corrected chi connectivity index (χ0v) is 14.0. The highest BCUT2D eigenvalue weighted by atomic mass is 16.5. The van der Waals surface area contributed by atoms with E-state index in [0.29, 0.717) is 28.2 Å². The van der Waals surface area contributed by atoms with Gasteiger partial charge < -0.3 is 13.7 Å². The van der Waals surface area contributed by atoms with Gasteiger partial charge in [0.05, 0.1) is 5.69 Å². The van der Waals surface area contributed by atoms with E-state index in [-0.39, 0.29) is 6.61 Å². The highest BCUT2D eigenvalue weighted by Gasteiger charge is 2.20. The molecule has 4 rings (SSSR count). The SMILES string of the molecule is Cc1noc(C)c1C(=O)OCc1cc(=O)oc2cc3c(cc12)CCC3. The van der Waals surface area contributed by atoms with Crippen LogP contribution in [0.4, 0.5) is 0 Å². The van der Waals surface area contributed by atoms with Gasteiger partial charge >= 0.3 is 11.6 Å². The molecular weight excluding hydrogens is 322 g/mol. The topological polar surface area (TPSA) is 82.5 Å². The first-order valence-corrected chi connectivity index (χ1v) is 8.21. The van der Waals surface area contributed by atoms with Crippen molar-refractivity contribution in [2.24, 2.45) is 0 Å². The van der Waals surface area contributed by atoms with E-state index in [1.165, 1.54) is 17.2 Å². The van der Waals surface area contributed by atoms with Crippen molar-refractivity contribution in [1.82, 2.24) is 5.16 Å². The van der Waals surface area contributed by atoms with E-state index in [1.807, 2.05) is 12.1 Å². The van der Waals surface area contributed by atoms with Crippen LogP contribution >= 0.6 is 0 Å². The summed E-state index contributed by atoms with van der Waals surface area (Å²) >= 11 is 0. The van der Waals surface area contributed by atoms with Gasteiger partial charge in [0.1, 0.15) is 23.5 Å². The molecule has 1 aromatic carbocycles. The maximum atomic E-state index is 12.3. The summed E-state index contributed by atoms with van der Waals surface area (Å²) < 4.78 is 15.7. The third-order valence-electron chi connectivity index (χ3n) is 4.64. The molecule has 0 N–H and O–H groups in total. The number of benzene rings is 1. The minimum absolute atomic E-state index is 0.0101. The van der Waals surface area contributed by atoms with Crippen molar-refractivity contribution in [2.45, 2.75) is 39.7 Å². The van der Waals surface area contributed by atoms with Crippen molar-refractivity contribution >= 4 is 16.9 Å². The smallest absolute Gasteiger partial charge is 0.344 e. The summed E-state index contributed by atoms with van der Waals surface area (Å²) in [5, 5.41) is 4.57. The van der Waals surface area contributed by atoms with Crippen molar-refractivity contribution in [3.8, 4) is 0 Å². The Balaban J connectivity index is 1.67. The number of nitrogens with zero attached hydrogens (tertiary/aromatic N) is 1. The van der Waals surface area contributed by atoms with Crippen LogP contribution in [-0.4, -0.2) is 11.1 Å². The van der Waals surface area contributed by atoms with E-state index < -0.39 is 11.6 Å². The van der Waals surface area contributed by atoms with Gasteiger partial charge in [0.15, 0.2) is 0 Å². The van der Waals surface area contributed by atoms with E-state index in [2.05, 4.69) is 5.16 Å². The molecule has 0 atom stereocenters. The molecule has 128 valence electrons. The third-order valence-corrected chi connectivity index (χ3v) is 4.64. The number of rotatable bonds is 3. The van der Waals surface area contributed by atoms with Crippen molar-refractivity contribution in [3.63, 3.8) is 0 Å². The van der Waals surface area contributed by atoms with E-state index >= 15 is 0 Å². The fraction of sp³-hybridized carbons (Fsp3) is 0.316. The molecule has 0 fully saturated rings. The number of ether oxygens (including phenoxy) is 1. The second-order valence-electron chi connectivity index (χ2n) is 6.34. The average molecular weight is 339 g/mol. The lowest BCUT2D eigenvalue weighted by molar-refractivity contribution is 0.0471. The number of hydrogen-bond acceptors (Lipinski definition) is 6. The fourth-order valence-electron chi connectivity index (χ4n) is 3.40. The molecule has 1 aliphatic rings. The molecule has 0 spiro atoms. The molecule has 0 saturated carbocycles. The molecule has 0 aliphatic heterocycles. The normalized spacial score (nSPS) is 13.2. The molecule has 2 aromatic heterocycles. The Hall–Kier alpha value is -2.89. The predicted octanol–water partition coefficient (Wildman–Crippen LogP) is 3.24. The van der Waals surface area contributed by atoms with Gasteiger partial charge in [-0.3, -0.25) is 0 Å². The molecule has 3 aromatic rings. The predicted molar refractivity (Wildman–Crippen MR) is 89.6 cm³/mol. The van der Waals surface area contributed by atoms with Gasteiger partial charge in [-0.15, -0.1) is 0 Å². The number of aromatic nitrogens is 1. The van der Waals surface area contributed by atoms with Gasteiger partial charge in [0.2, 0.25) is 0 Å². The van der Waals surface area contributed by atoms with Crippen molar-refractivity contribution in [1.29, 1.82) is 0 Å². The molecule has 0 bridgehead atoms. The van der Waals surface area contributed by atoms with Gasteiger partial charge in [-0.25, -0.2) is 9.59 Å². The third kappa shape index (κ3) is 2.73. The number of esters is 1. The summed E-state index contributed by atoms with van der Waals surface area (Å²) in [4.78, 5) is 24.2. The molecule has 6 heteroatoms. The Labute approximate surface area is 143 Å². The molecule has 6 nitrogen and oxygen atoms in total. The lowest BCUT2D eigenvalue weighted by atomic mass is 10.0. The Morgan fingerprint density at radius 2 is 1.96 bits per heavy atom. The summed E-state index contributed by atoms with van der Waals surface area (Å²) in [7, 11) is 0. The van der Waals surface area contributed by atoms with E-state index in [0.717, 1.165) is 24.6 Å². The molecule has 2 heterocycles. The van der Waals surface area contributed by atoms with E-state index in [1.54, 1.807) is 13.8 Å². The number of aryl methyl sites for hydroxylation is 4. The fourth-order valence-corrected chi connectivity index (χ4v) is 3.40. The Morgan fingerprint density at radius 3 is 2.68 bits per heavy atom. The molecule has 25 heavy (non-hydrogen) atoms. The van der Waals surface area contributed by atoms with Crippen molar-refractivity contribution in [3.05, 3.63) is 62.3 Å². The van der Waals surface area contributed by atoms with Crippen LogP contribution in [0.2, 0.25) is 0 Å². The first kappa shape index (κ1) is 15.6. The largest absolute Gasteiger partial charge is 0.457 e. The van der Waals surface area contributed by atoms with Crippen LogP contribution in [0, 0.1) is 13.8 Å². The molecule has 1 aliphatic carbocycles. The van der Waals surface area contributed by atoms with Gasteiger partial charge in [-0.1, -0.05) is 5.16 Å². The summed E-state index contributed by atoms with van der Waals surface area (Å²) in [6.07, 6.45) is 3.12. The Morgan fingerprint density at radius 1 is 1.20 bits per heavy atom. The molecule has 0 amide bonds. The zero-order chi connectivity index (χ0) is 17.6. The number of fused-ring (bicyclic) bond motifs is 2. The summed E-state index contributed by atoms with van der Waals surface area (Å²) in [5.74, 6) is -0.100. The second-order valence-corrected chi connectivity index (χ2v) is 6.34. The average Bonchev–Trinajstić information content (AvgIpc) is 3.16. The quantitative estimate of drug-likeness (QED) is 0.538. The standard InChI is InChI=1S/C19H17NO5/c1-10-18(11(2)25-20-10)19(22)23-9-14-8-17(21)24-16-7-13-5-3-4-12(13)6-15(14)16/h6-8H,3-5,9H2,1-2H3. The zero-order valence-electron chi connectivity index (χ0n) is 14.0.